The maximum atomic E-state index is 10.5. The fraction of sp³-hybridized carbons (Fsp3) is 0.182. The number of amides is 1. The molecule has 90 valence electrons. The van der Waals surface area contributed by atoms with E-state index >= 15 is 0 Å². The molecule has 0 heterocycles. The minimum absolute atomic E-state index is 0.0378. The first kappa shape index (κ1) is 12.7. The number of nitro benzene ring substituents is 1. The average molecular weight is 236 g/mol. The summed E-state index contributed by atoms with van der Waals surface area (Å²) in [5, 5.41) is 21.0. The monoisotopic (exact) mass is 236 g/mol. The van der Waals surface area contributed by atoms with Gasteiger partial charge in [0.25, 0.3) is 5.69 Å². The van der Waals surface area contributed by atoms with Crippen molar-refractivity contribution >= 4 is 17.9 Å². The third-order valence-electron chi connectivity index (χ3n) is 1.98. The molecular weight excluding hydrogens is 224 g/mol. The minimum atomic E-state index is -1.06. The second-order valence-electron chi connectivity index (χ2n) is 3.28. The minimum Gasteiger partial charge on any atom is -0.465 e. The normalized spacial score (nSPS) is 10.4. The highest BCUT2D eigenvalue weighted by atomic mass is 16.6. The van der Waals surface area contributed by atoms with Crippen LogP contribution >= 0.6 is 0 Å². The lowest BCUT2D eigenvalue weighted by molar-refractivity contribution is -0.384. The molecule has 0 saturated carbocycles. The molecule has 0 bridgehead atoms. The van der Waals surface area contributed by atoms with Gasteiger partial charge in [0.1, 0.15) is 0 Å². The van der Waals surface area contributed by atoms with Crippen LogP contribution in [0.4, 0.5) is 10.5 Å². The Kier molecular flexibility index (Phi) is 4.68. The van der Waals surface area contributed by atoms with Crippen LogP contribution in [0.5, 0.6) is 0 Å². The molecule has 1 rings (SSSR count). The summed E-state index contributed by atoms with van der Waals surface area (Å²) in [5.41, 5.74) is 0.755. The zero-order chi connectivity index (χ0) is 12.7. The van der Waals surface area contributed by atoms with Gasteiger partial charge in [-0.1, -0.05) is 24.3 Å². The van der Waals surface area contributed by atoms with Crippen molar-refractivity contribution in [3.63, 3.8) is 0 Å². The van der Waals surface area contributed by atoms with E-state index in [0.717, 1.165) is 5.56 Å². The number of nitro groups is 1. The molecular formula is C11H12N2O4. The van der Waals surface area contributed by atoms with Gasteiger partial charge in [0.2, 0.25) is 0 Å². The number of nitrogens with zero attached hydrogens (tertiary/aromatic N) is 1. The molecule has 0 spiro atoms. The van der Waals surface area contributed by atoms with E-state index < -0.39 is 11.0 Å². The number of carbonyl (C=O) groups is 1. The second kappa shape index (κ2) is 6.26. The molecule has 1 aromatic carbocycles. The van der Waals surface area contributed by atoms with Gasteiger partial charge in [0.15, 0.2) is 0 Å². The Bertz CT molecular complexity index is 443. The predicted octanol–water partition coefficient (Wildman–Crippen LogP) is 2.27. The van der Waals surface area contributed by atoms with Crippen molar-refractivity contribution in [3.8, 4) is 0 Å². The van der Waals surface area contributed by atoms with Gasteiger partial charge in [-0.25, -0.2) is 4.79 Å². The highest BCUT2D eigenvalue weighted by Gasteiger charge is 2.03. The predicted molar refractivity (Wildman–Crippen MR) is 62.8 cm³/mol. The van der Waals surface area contributed by atoms with Crippen molar-refractivity contribution in [2.24, 2.45) is 0 Å². The van der Waals surface area contributed by atoms with Gasteiger partial charge >= 0.3 is 6.09 Å². The van der Waals surface area contributed by atoms with Crippen molar-refractivity contribution in [1.29, 1.82) is 0 Å². The summed E-state index contributed by atoms with van der Waals surface area (Å²) in [6.07, 6.45) is 2.95. The van der Waals surface area contributed by atoms with Crippen LogP contribution in [0.3, 0.4) is 0 Å². The number of rotatable bonds is 5. The third-order valence-corrected chi connectivity index (χ3v) is 1.98. The number of benzene rings is 1. The van der Waals surface area contributed by atoms with Crippen LogP contribution in [-0.2, 0) is 0 Å². The average Bonchev–Trinajstić information content (AvgIpc) is 2.28. The van der Waals surface area contributed by atoms with Crippen molar-refractivity contribution in [3.05, 3.63) is 46.0 Å². The first-order valence-corrected chi connectivity index (χ1v) is 4.97. The summed E-state index contributed by atoms with van der Waals surface area (Å²) in [6.45, 7) is 0.320. The lowest BCUT2D eigenvalue weighted by atomic mass is 10.2. The van der Waals surface area contributed by atoms with E-state index in [1.807, 2.05) is 0 Å². The molecule has 0 unspecified atom stereocenters. The Morgan fingerprint density at radius 3 is 2.94 bits per heavy atom. The maximum Gasteiger partial charge on any atom is 0.404 e. The zero-order valence-electron chi connectivity index (χ0n) is 9.00. The molecule has 0 radical (unpaired) electrons. The molecule has 0 saturated heterocycles. The molecule has 1 aromatic rings. The summed E-state index contributed by atoms with van der Waals surface area (Å²) in [7, 11) is 0. The Hall–Kier alpha value is -2.37. The molecule has 6 nitrogen and oxygen atoms in total. The summed E-state index contributed by atoms with van der Waals surface area (Å²) < 4.78 is 0. The van der Waals surface area contributed by atoms with Crippen molar-refractivity contribution in [1.82, 2.24) is 5.32 Å². The van der Waals surface area contributed by atoms with Gasteiger partial charge in [0, 0.05) is 18.7 Å². The van der Waals surface area contributed by atoms with Gasteiger partial charge in [-0.15, -0.1) is 0 Å². The maximum absolute atomic E-state index is 10.5. The number of non-ortho nitro benzene ring substituents is 1. The van der Waals surface area contributed by atoms with E-state index in [9.17, 15) is 14.9 Å². The SMILES string of the molecule is O=C(O)NCC/C=C/c1cccc([N+](=O)[O-])c1. The first-order valence-electron chi connectivity index (χ1n) is 4.97. The summed E-state index contributed by atoms with van der Waals surface area (Å²) in [6, 6.07) is 6.23. The molecule has 0 aliphatic heterocycles. The quantitative estimate of drug-likeness (QED) is 0.466. The van der Waals surface area contributed by atoms with Gasteiger partial charge < -0.3 is 10.4 Å². The molecule has 6 heteroatoms. The van der Waals surface area contributed by atoms with Crippen LogP contribution in [0.15, 0.2) is 30.3 Å². The summed E-state index contributed by atoms with van der Waals surface area (Å²) in [5.74, 6) is 0. The summed E-state index contributed by atoms with van der Waals surface area (Å²) in [4.78, 5) is 20.2. The van der Waals surface area contributed by atoms with E-state index in [-0.39, 0.29) is 5.69 Å². The third kappa shape index (κ3) is 4.78. The largest absolute Gasteiger partial charge is 0.465 e. The van der Waals surface area contributed by atoms with Gasteiger partial charge in [-0.3, -0.25) is 10.1 Å². The van der Waals surface area contributed by atoms with Gasteiger partial charge in [-0.2, -0.15) is 0 Å². The molecule has 0 aliphatic carbocycles. The molecule has 0 fully saturated rings. The number of carboxylic acid groups (broad SMARTS) is 1. The smallest absolute Gasteiger partial charge is 0.404 e. The van der Waals surface area contributed by atoms with E-state index in [4.69, 9.17) is 5.11 Å². The number of nitrogens with one attached hydrogen (secondary N) is 1. The van der Waals surface area contributed by atoms with E-state index in [1.54, 1.807) is 24.3 Å². The number of hydrogen-bond donors (Lipinski definition) is 2. The lowest BCUT2D eigenvalue weighted by Crippen LogP contribution is -2.21. The Morgan fingerprint density at radius 2 is 2.29 bits per heavy atom. The molecule has 1 amide bonds. The van der Waals surface area contributed by atoms with Crippen LogP contribution in [0, 0.1) is 10.1 Å². The van der Waals surface area contributed by atoms with Crippen molar-refractivity contribution < 1.29 is 14.8 Å². The Labute approximate surface area is 97.7 Å². The second-order valence-corrected chi connectivity index (χ2v) is 3.28. The zero-order valence-corrected chi connectivity index (χ0v) is 9.00. The van der Waals surface area contributed by atoms with Gasteiger partial charge in [0.05, 0.1) is 4.92 Å². The van der Waals surface area contributed by atoms with Crippen LogP contribution < -0.4 is 5.32 Å². The van der Waals surface area contributed by atoms with Crippen LogP contribution in [0.1, 0.15) is 12.0 Å². The van der Waals surface area contributed by atoms with Crippen molar-refractivity contribution in [2.45, 2.75) is 6.42 Å². The van der Waals surface area contributed by atoms with E-state index in [1.165, 1.54) is 12.1 Å². The standard InChI is InChI=1S/C11H12N2O4/c14-11(15)12-7-2-1-4-9-5-3-6-10(8-9)13(16)17/h1,3-6,8,12H,2,7H2,(H,14,15)/b4-1+. The first-order chi connectivity index (χ1) is 8.09. The lowest BCUT2D eigenvalue weighted by Gasteiger charge is -1.96. The number of hydrogen-bond acceptors (Lipinski definition) is 3. The molecule has 17 heavy (non-hydrogen) atoms. The topological polar surface area (TPSA) is 92.5 Å². The molecule has 0 aliphatic rings. The summed E-state index contributed by atoms with van der Waals surface area (Å²) >= 11 is 0. The highest BCUT2D eigenvalue weighted by molar-refractivity contribution is 5.64. The van der Waals surface area contributed by atoms with E-state index in [0.29, 0.717) is 13.0 Å². The molecule has 0 aromatic heterocycles. The van der Waals surface area contributed by atoms with E-state index in [2.05, 4.69) is 5.32 Å². The Morgan fingerprint density at radius 1 is 1.53 bits per heavy atom. The van der Waals surface area contributed by atoms with Crippen LogP contribution in [0.25, 0.3) is 6.08 Å². The fourth-order valence-corrected chi connectivity index (χ4v) is 1.22. The highest BCUT2D eigenvalue weighted by Crippen LogP contribution is 2.14. The Balaban J connectivity index is 2.50. The van der Waals surface area contributed by atoms with Crippen LogP contribution in [0.2, 0.25) is 0 Å². The fourth-order valence-electron chi connectivity index (χ4n) is 1.22. The molecule has 2 N–H and O–H groups in total. The van der Waals surface area contributed by atoms with Gasteiger partial charge in [-0.05, 0) is 12.0 Å². The molecule has 0 atom stereocenters. The van der Waals surface area contributed by atoms with Crippen molar-refractivity contribution in [2.75, 3.05) is 6.54 Å². The van der Waals surface area contributed by atoms with Crippen LogP contribution in [-0.4, -0.2) is 22.7 Å².